The number of esters is 1. The molecule has 3 atom stereocenters. The Hall–Kier alpha value is -1.97. The van der Waals surface area contributed by atoms with Crippen LogP contribution in [0, 0.1) is 17.8 Å². The van der Waals surface area contributed by atoms with Crippen LogP contribution in [-0.4, -0.2) is 25.1 Å². The standard InChI is InChI=1S/C22H32O4/c1-16(2)7-5-10-20(15-26-18(4)25)21-12-11-17(3)8-6-9-19(13-23)22(21)14-24/h7-9,13-14,20-22H,5-6,10-12,15H2,1-4H3. The molecule has 0 fully saturated rings. The normalized spacial score (nSPS) is 21.8. The molecule has 3 unspecified atom stereocenters. The van der Waals surface area contributed by atoms with Gasteiger partial charge in [-0.15, -0.1) is 0 Å². The van der Waals surface area contributed by atoms with Gasteiger partial charge in [0.2, 0.25) is 0 Å². The lowest BCUT2D eigenvalue weighted by atomic mass is 9.74. The van der Waals surface area contributed by atoms with Crippen molar-refractivity contribution in [2.45, 2.75) is 59.8 Å². The second-order valence-corrected chi connectivity index (χ2v) is 7.39. The van der Waals surface area contributed by atoms with Crippen LogP contribution in [0.3, 0.4) is 0 Å². The second kappa shape index (κ2) is 11.6. The number of carbonyl (C=O) groups is 3. The van der Waals surface area contributed by atoms with Crippen molar-refractivity contribution < 1.29 is 19.1 Å². The minimum atomic E-state index is -0.445. The van der Waals surface area contributed by atoms with Crippen molar-refractivity contribution in [3.05, 3.63) is 34.9 Å². The lowest BCUT2D eigenvalue weighted by Crippen LogP contribution is -2.30. The minimum Gasteiger partial charge on any atom is -0.466 e. The van der Waals surface area contributed by atoms with Crippen molar-refractivity contribution in [2.24, 2.45) is 17.8 Å². The van der Waals surface area contributed by atoms with Crippen molar-refractivity contribution >= 4 is 18.5 Å². The predicted octanol–water partition coefficient (Wildman–Crippen LogP) is 4.60. The highest BCUT2D eigenvalue weighted by Crippen LogP contribution is 2.35. The van der Waals surface area contributed by atoms with Gasteiger partial charge < -0.3 is 9.53 Å². The zero-order chi connectivity index (χ0) is 19.5. The van der Waals surface area contributed by atoms with Gasteiger partial charge >= 0.3 is 5.97 Å². The van der Waals surface area contributed by atoms with E-state index in [9.17, 15) is 14.4 Å². The Balaban J connectivity index is 3.13. The molecule has 0 bridgehead atoms. The lowest BCUT2D eigenvalue weighted by molar-refractivity contribution is -0.143. The summed E-state index contributed by atoms with van der Waals surface area (Å²) in [4.78, 5) is 34.8. The number of rotatable bonds is 8. The van der Waals surface area contributed by atoms with E-state index in [0.29, 0.717) is 12.0 Å². The summed E-state index contributed by atoms with van der Waals surface area (Å²) in [5.41, 5.74) is 3.05. The molecule has 0 spiro atoms. The SMILES string of the molecule is CC(=O)OCC(CCC=C(C)C)C1CCC(C)=CCC=C(C=O)C1C=O. The first-order valence-corrected chi connectivity index (χ1v) is 9.41. The third kappa shape index (κ3) is 7.51. The summed E-state index contributed by atoms with van der Waals surface area (Å²) in [7, 11) is 0. The molecule has 0 aromatic rings. The predicted molar refractivity (Wildman–Crippen MR) is 104 cm³/mol. The highest BCUT2D eigenvalue weighted by Gasteiger charge is 2.32. The summed E-state index contributed by atoms with van der Waals surface area (Å²) < 4.78 is 5.31. The fourth-order valence-electron chi connectivity index (χ4n) is 3.52. The summed E-state index contributed by atoms with van der Waals surface area (Å²) in [5, 5.41) is 0. The van der Waals surface area contributed by atoms with E-state index in [1.54, 1.807) is 0 Å². The van der Waals surface area contributed by atoms with Gasteiger partial charge in [0.05, 0.1) is 6.61 Å². The number of hydrogen-bond acceptors (Lipinski definition) is 4. The highest BCUT2D eigenvalue weighted by molar-refractivity contribution is 5.81. The molecule has 0 aromatic heterocycles. The molecule has 144 valence electrons. The fraction of sp³-hybridized carbons (Fsp3) is 0.591. The molecule has 0 aromatic carbocycles. The van der Waals surface area contributed by atoms with Gasteiger partial charge in [0.15, 0.2) is 0 Å². The van der Waals surface area contributed by atoms with E-state index < -0.39 is 5.92 Å². The molecular formula is C22H32O4. The summed E-state index contributed by atoms with van der Waals surface area (Å²) in [6, 6.07) is 0. The van der Waals surface area contributed by atoms with Crippen LogP contribution in [0.15, 0.2) is 34.9 Å². The largest absolute Gasteiger partial charge is 0.466 e. The monoisotopic (exact) mass is 360 g/mol. The van der Waals surface area contributed by atoms with E-state index in [0.717, 1.165) is 38.3 Å². The van der Waals surface area contributed by atoms with Crippen molar-refractivity contribution in [3.63, 3.8) is 0 Å². The molecule has 0 amide bonds. The van der Waals surface area contributed by atoms with E-state index in [2.05, 4.69) is 32.9 Å². The number of ether oxygens (including phenoxy) is 1. The third-order valence-electron chi connectivity index (χ3n) is 5.02. The van der Waals surface area contributed by atoms with Crippen LogP contribution >= 0.6 is 0 Å². The Labute approximate surface area is 157 Å². The minimum absolute atomic E-state index is 0.0182. The maximum absolute atomic E-state index is 11.9. The van der Waals surface area contributed by atoms with E-state index in [4.69, 9.17) is 4.74 Å². The molecular weight excluding hydrogens is 328 g/mol. The fourth-order valence-corrected chi connectivity index (χ4v) is 3.52. The van der Waals surface area contributed by atoms with Crippen molar-refractivity contribution in [1.82, 2.24) is 0 Å². The van der Waals surface area contributed by atoms with Gasteiger partial charge in [-0.1, -0.05) is 29.4 Å². The Kier molecular flexibility index (Phi) is 9.85. The van der Waals surface area contributed by atoms with E-state index in [1.165, 1.54) is 18.1 Å². The Morgan fingerprint density at radius 1 is 1.27 bits per heavy atom. The van der Waals surface area contributed by atoms with Gasteiger partial charge in [-0.3, -0.25) is 9.59 Å². The van der Waals surface area contributed by atoms with Crippen LogP contribution in [0.4, 0.5) is 0 Å². The second-order valence-electron chi connectivity index (χ2n) is 7.39. The van der Waals surface area contributed by atoms with E-state index in [1.807, 2.05) is 6.08 Å². The van der Waals surface area contributed by atoms with Crippen LogP contribution in [0.5, 0.6) is 0 Å². The summed E-state index contributed by atoms with van der Waals surface area (Å²) >= 11 is 0. The average molecular weight is 360 g/mol. The Morgan fingerprint density at radius 2 is 2.00 bits per heavy atom. The van der Waals surface area contributed by atoms with E-state index >= 15 is 0 Å². The van der Waals surface area contributed by atoms with Gasteiger partial charge in [0.25, 0.3) is 0 Å². The summed E-state index contributed by atoms with van der Waals surface area (Å²) in [6.07, 6.45) is 11.9. The smallest absolute Gasteiger partial charge is 0.302 e. The molecule has 26 heavy (non-hydrogen) atoms. The first-order chi connectivity index (χ1) is 12.4. The number of allylic oxidation sites excluding steroid dienone is 6. The third-order valence-corrected chi connectivity index (χ3v) is 5.02. The van der Waals surface area contributed by atoms with Crippen LogP contribution in [0.25, 0.3) is 0 Å². The van der Waals surface area contributed by atoms with Gasteiger partial charge in [-0.05, 0) is 70.3 Å². The van der Waals surface area contributed by atoms with Crippen LogP contribution in [-0.2, 0) is 19.1 Å². The molecule has 1 aliphatic carbocycles. The van der Waals surface area contributed by atoms with Crippen molar-refractivity contribution in [2.75, 3.05) is 6.61 Å². The maximum atomic E-state index is 11.9. The molecule has 4 heteroatoms. The molecule has 0 saturated carbocycles. The van der Waals surface area contributed by atoms with Gasteiger partial charge in [0, 0.05) is 12.8 Å². The molecule has 0 radical (unpaired) electrons. The first-order valence-electron chi connectivity index (χ1n) is 9.41. The quantitative estimate of drug-likeness (QED) is 0.361. The Morgan fingerprint density at radius 3 is 2.58 bits per heavy atom. The first kappa shape index (κ1) is 22.1. The molecule has 4 nitrogen and oxygen atoms in total. The van der Waals surface area contributed by atoms with Crippen LogP contribution in [0.2, 0.25) is 0 Å². The van der Waals surface area contributed by atoms with Gasteiger partial charge in [-0.2, -0.15) is 0 Å². The lowest BCUT2D eigenvalue weighted by Gasteiger charge is -2.31. The molecule has 0 aliphatic heterocycles. The number of carbonyl (C=O) groups excluding carboxylic acids is 3. The molecule has 0 saturated heterocycles. The van der Waals surface area contributed by atoms with Gasteiger partial charge in [0.1, 0.15) is 12.6 Å². The van der Waals surface area contributed by atoms with Crippen molar-refractivity contribution in [1.29, 1.82) is 0 Å². The Bertz CT molecular complexity index is 579. The van der Waals surface area contributed by atoms with E-state index in [-0.39, 0.29) is 24.4 Å². The number of aldehydes is 2. The topological polar surface area (TPSA) is 60.4 Å². The number of hydrogen-bond donors (Lipinski definition) is 0. The van der Waals surface area contributed by atoms with Crippen LogP contribution in [0.1, 0.15) is 59.8 Å². The maximum Gasteiger partial charge on any atom is 0.302 e. The molecule has 0 heterocycles. The average Bonchev–Trinajstić information content (AvgIpc) is 2.66. The van der Waals surface area contributed by atoms with Crippen LogP contribution < -0.4 is 0 Å². The highest BCUT2D eigenvalue weighted by atomic mass is 16.5. The van der Waals surface area contributed by atoms with Crippen molar-refractivity contribution in [3.8, 4) is 0 Å². The molecule has 0 N–H and O–H groups in total. The van der Waals surface area contributed by atoms with Gasteiger partial charge in [-0.25, -0.2) is 0 Å². The summed E-state index contributed by atoms with van der Waals surface area (Å²) in [5.74, 6) is -0.738. The molecule has 1 rings (SSSR count). The molecule has 1 aliphatic rings. The zero-order valence-corrected chi connectivity index (χ0v) is 16.5. The zero-order valence-electron chi connectivity index (χ0n) is 16.5. The summed E-state index contributed by atoms with van der Waals surface area (Å²) in [6.45, 7) is 7.87.